The predicted octanol–water partition coefficient (Wildman–Crippen LogP) is -0.163. The molecule has 0 aromatic heterocycles. The summed E-state index contributed by atoms with van der Waals surface area (Å²) in [5, 5.41) is 3.39. The van der Waals surface area contributed by atoms with Gasteiger partial charge in [-0.2, -0.15) is 0 Å². The molecule has 1 N–H and O–H groups in total. The highest BCUT2D eigenvalue weighted by Gasteiger charge is 2.39. The van der Waals surface area contributed by atoms with Crippen LogP contribution in [0, 0.1) is 0 Å². The average molecular weight is 336 g/mol. The molecule has 4 aliphatic heterocycles. The first kappa shape index (κ1) is 14.9. The van der Waals surface area contributed by atoms with Gasteiger partial charge in [0.2, 0.25) is 0 Å². The Bertz CT molecular complexity index is 711. The molecule has 0 aliphatic carbocycles. The molecular weight excluding hydrogens is 316 g/mol. The topological polar surface area (TPSA) is 82.1 Å². The predicted molar refractivity (Wildman–Crippen MR) is 86.3 cm³/mol. The molecule has 0 aromatic rings. The number of nitrogens with zero attached hydrogens (tertiary/aromatic N) is 3. The Morgan fingerprint density at radius 2 is 2.04 bits per heavy atom. The Kier molecular flexibility index (Phi) is 3.53. The van der Waals surface area contributed by atoms with Crippen molar-refractivity contribution in [1.82, 2.24) is 15.1 Å². The van der Waals surface area contributed by atoms with Crippen LogP contribution in [0.1, 0.15) is 19.3 Å². The van der Waals surface area contributed by atoms with Crippen LogP contribution in [0.4, 0.5) is 0 Å². The van der Waals surface area contributed by atoms with Crippen molar-refractivity contribution in [1.29, 1.82) is 0 Å². The van der Waals surface area contributed by atoms with Gasteiger partial charge in [0.1, 0.15) is 5.84 Å². The molecule has 7 nitrogen and oxygen atoms in total. The summed E-state index contributed by atoms with van der Waals surface area (Å²) in [6.07, 6.45) is 8.18. The average Bonchev–Trinajstić information content (AvgIpc) is 2.78. The molecule has 4 aliphatic rings. The number of fused-ring (bicyclic) bond motifs is 3. The first-order valence-corrected chi connectivity index (χ1v) is 9.67. The summed E-state index contributed by atoms with van der Waals surface area (Å²) in [7, 11) is -3.36. The van der Waals surface area contributed by atoms with Crippen LogP contribution in [0.5, 0.6) is 0 Å². The Balaban J connectivity index is 1.59. The molecule has 124 valence electrons. The summed E-state index contributed by atoms with van der Waals surface area (Å²) < 4.78 is 26.8. The van der Waals surface area contributed by atoms with Crippen molar-refractivity contribution < 1.29 is 13.2 Å². The molecule has 4 rings (SSSR count). The number of sulfonamides is 1. The van der Waals surface area contributed by atoms with Crippen molar-refractivity contribution in [3.05, 3.63) is 23.9 Å². The van der Waals surface area contributed by atoms with E-state index in [4.69, 9.17) is 0 Å². The van der Waals surface area contributed by atoms with E-state index in [0.29, 0.717) is 24.0 Å². The van der Waals surface area contributed by atoms with Gasteiger partial charge in [-0.15, -0.1) is 4.40 Å². The molecule has 0 aromatic carbocycles. The minimum absolute atomic E-state index is 0.0127. The summed E-state index contributed by atoms with van der Waals surface area (Å²) in [4.78, 5) is 16.7. The van der Waals surface area contributed by atoms with Crippen molar-refractivity contribution in [3.8, 4) is 0 Å². The first-order chi connectivity index (χ1) is 11.0. The van der Waals surface area contributed by atoms with Crippen LogP contribution in [0.3, 0.4) is 0 Å². The highest BCUT2D eigenvalue weighted by Crippen LogP contribution is 2.30. The number of hydrogen-bond acceptors (Lipinski definition) is 5. The van der Waals surface area contributed by atoms with E-state index in [9.17, 15) is 13.2 Å². The monoisotopic (exact) mass is 336 g/mol. The zero-order valence-electron chi connectivity index (χ0n) is 12.8. The zero-order chi connectivity index (χ0) is 16.0. The molecule has 0 spiro atoms. The number of hydrogen-bond donors (Lipinski definition) is 1. The van der Waals surface area contributed by atoms with Crippen LogP contribution in [0.2, 0.25) is 0 Å². The quantitative estimate of drug-likeness (QED) is 0.719. The second kappa shape index (κ2) is 5.45. The lowest BCUT2D eigenvalue weighted by Gasteiger charge is -2.31. The third-order valence-corrected chi connectivity index (χ3v) is 6.12. The second-order valence-corrected chi connectivity index (χ2v) is 8.19. The standard InChI is InChI=1S/C15H20N4O3S/c20-15(19-12-2-3-13(19)9-16-6-5-12)11-1-4-14-17-23(21,22)8-7-18(14)10-11/h1,4,10,12-13,16H,2-3,5-9H2. The van der Waals surface area contributed by atoms with E-state index in [1.54, 1.807) is 23.3 Å². The van der Waals surface area contributed by atoms with E-state index in [1.165, 1.54) is 0 Å². The van der Waals surface area contributed by atoms with E-state index >= 15 is 0 Å². The SMILES string of the molecule is O=C(C1=CN2CCS(=O)(=O)N=C2C=C1)N1C2CCNCC1CC2. The molecule has 2 atom stereocenters. The van der Waals surface area contributed by atoms with Gasteiger partial charge in [-0.25, -0.2) is 8.42 Å². The molecule has 2 unspecified atom stereocenters. The molecular formula is C15H20N4O3S. The number of amides is 1. The minimum atomic E-state index is -3.36. The number of carbonyl (C=O) groups excluding carboxylic acids is 1. The lowest BCUT2D eigenvalue weighted by atomic mass is 10.1. The van der Waals surface area contributed by atoms with E-state index in [1.807, 2.05) is 4.90 Å². The third kappa shape index (κ3) is 2.70. The van der Waals surface area contributed by atoms with Crippen LogP contribution in [0.15, 0.2) is 28.3 Å². The molecule has 8 heteroatoms. The van der Waals surface area contributed by atoms with Crippen LogP contribution in [-0.4, -0.2) is 67.4 Å². The maximum atomic E-state index is 13.0. The van der Waals surface area contributed by atoms with Crippen LogP contribution in [0.25, 0.3) is 0 Å². The lowest BCUT2D eigenvalue weighted by Crippen LogP contribution is -2.44. The molecule has 23 heavy (non-hydrogen) atoms. The summed E-state index contributed by atoms with van der Waals surface area (Å²) in [5.74, 6) is 0.430. The summed E-state index contributed by atoms with van der Waals surface area (Å²) >= 11 is 0. The minimum Gasteiger partial charge on any atom is -0.331 e. The number of rotatable bonds is 1. The number of nitrogens with one attached hydrogen (secondary N) is 1. The fourth-order valence-corrected chi connectivity index (χ4v) is 4.76. The molecule has 2 bridgehead atoms. The van der Waals surface area contributed by atoms with Crippen molar-refractivity contribution in [2.24, 2.45) is 4.40 Å². The van der Waals surface area contributed by atoms with Gasteiger partial charge in [-0.05, 0) is 38.0 Å². The zero-order valence-corrected chi connectivity index (χ0v) is 13.6. The number of amidine groups is 1. The third-order valence-electron chi connectivity index (χ3n) is 4.96. The van der Waals surface area contributed by atoms with Gasteiger partial charge in [0.05, 0.1) is 11.3 Å². The fraction of sp³-hybridized carbons (Fsp3) is 0.600. The maximum Gasteiger partial charge on any atom is 0.256 e. The van der Waals surface area contributed by atoms with Gasteiger partial charge in [-0.3, -0.25) is 4.79 Å². The lowest BCUT2D eigenvalue weighted by molar-refractivity contribution is -0.129. The Morgan fingerprint density at radius 1 is 1.22 bits per heavy atom. The smallest absolute Gasteiger partial charge is 0.256 e. The maximum absolute atomic E-state index is 13.0. The highest BCUT2D eigenvalue weighted by molar-refractivity contribution is 7.90. The molecule has 0 saturated carbocycles. The molecule has 4 heterocycles. The van der Waals surface area contributed by atoms with Crippen LogP contribution in [-0.2, 0) is 14.8 Å². The van der Waals surface area contributed by atoms with Gasteiger partial charge >= 0.3 is 0 Å². The van der Waals surface area contributed by atoms with Crippen LogP contribution >= 0.6 is 0 Å². The Morgan fingerprint density at radius 3 is 2.91 bits per heavy atom. The van der Waals surface area contributed by atoms with Crippen molar-refractivity contribution in [2.45, 2.75) is 31.3 Å². The Labute approximate surface area is 135 Å². The molecule has 2 saturated heterocycles. The summed E-state index contributed by atoms with van der Waals surface area (Å²) in [6.45, 7) is 2.16. The summed E-state index contributed by atoms with van der Waals surface area (Å²) in [6, 6.07) is 0.578. The molecule has 0 radical (unpaired) electrons. The van der Waals surface area contributed by atoms with Crippen molar-refractivity contribution in [2.75, 3.05) is 25.4 Å². The van der Waals surface area contributed by atoms with Crippen LogP contribution < -0.4 is 5.32 Å². The van der Waals surface area contributed by atoms with E-state index < -0.39 is 10.0 Å². The van der Waals surface area contributed by atoms with E-state index in [0.717, 1.165) is 32.4 Å². The van der Waals surface area contributed by atoms with Crippen molar-refractivity contribution in [3.63, 3.8) is 0 Å². The second-order valence-electron chi connectivity index (χ2n) is 6.44. The van der Waals surface area contributed by atoms with E-state index in [-0.39, 0.29) is 17.7 Å². The van der Waals surface area contributed by atoms with Gasteiger partial charge in [0, 0.05) is 31.4 Å². The summed E-state index contributed by atoms with van der Waals surface area (Å²) in [5.41, 5.74) is 0.613. The van der Waals surface area contributed by atoms with Gasteiger partial charge in [0.25, 0.3) is 15.9 Å². The fourth-order valence-electron chi connectivity index (χ4n) is 3.79. The van der Waals surface area contributed by atoms with Gasteiger partial charge in [0.15, 0.2) is 0 Å². The van der Waals surface area contributed by atoms with Gasteiger partial charge in [-0.1, -0.05) is 0 Å². The molecule has 1 amide bonds. The largest absolute Gasteiger partial charge is 0.331 e. The van der Waals surface area contributed by atoms with Gasteiger partial charge < -0.3 is 15.1 Å². The molecule has 2 fully saturated rings. The number of carbonyl (C=O) groups is 1. The first-order valence-electron chi connectivity index (χ1n) is 8.06. The highest BCUT2D eigenvalue weighted by atomic mass is 32.2. The normalized spacial score (nSPS) is 32.0. The van der Waals surface area contributed by atoms with Crippen molar-refractivity contribution >= 4 is 21.8 Å². The van der Waals surface area contributed by atoms with E-state index in [2.05, 4.69) is 9.71 Å². The Hall–Kier alpha value is -1.67.